The molecule has 0 radical (unpaired) electrons. The normalized spacial score (nSPS) is 14.3. The molecule has 1 aliphatic heterocycles. The summed E-state index contributed by atoms with van der Waals surface area (Å²) in [5.74, 6) is 0.672. The number of fused-ring (bicyclic) bond motifs is 2. The molecule has 0 aliphatic carbocycles. The summed E-state index contributed by atoms with van der Waals surface area (Å²) in [6, 6.07) is 25.2. The fraction of sp³-hybridized carbons (Fsp3) is 0.176. The molecule has 6 nitrogen and oxygen atoms in total. The maximum Gasteiger partial charge on any atom is 0.291 e. The minimum atomic E-state index is -0.758. The monoisotopic (exact) mass is 599 g/mol. The van der Waals surface area contributed by atoms with Crippen LogP contribution in [-0.2, 0) is 13.2 Å². The van der Waals surface area contributed by atoms with Gasteiger partial charge in [0, 0.05) is 16.6 Å². The van der Waals surface area contributed by atoms with Crippen molar-refractivity contribution in [3.8, 4) is 11.5 Å². The van der Waals surface area contributed by atoms with E-state index in [0.717, 1.165) is 16.7 Å². The van der Waals surface area contributed by atoms with Crippen molar-refractivity contribution in [3.63, 3.8) is 0 Å². The van der Waals surface area contributed by atoms with Crippen LogP contribution in [-0.4, -0.2) is 17.4 Å². The highest BCUT2D eigenvalue weighted by Gasteiger charge is 2.43. The Balaban J connectivity index is 1.48. The molecule has 4 aromatic carbocycles. The fourth-order valence-electron chi connectivity index (χ4n) is 5.28. The molecular weight excluding hydrogens is 573 g/mol. The van der Waals surface area contributed by atoms with E-state index in [9.17, 15) is 9.59 Å². The van der Waals surface area contributed by atoms with Gasteiger partial charge in [0.15, 0.2) is 16.9 Å². The molecule has 5 aromatic rings. The van der Waals surface area contributed by atoms with E-state index >= 15 is 0 Å². The van der Waals surface area contributed by atoms with Crippen molar-refractivity contribution in [2.45, 2.75) is 33.0 Å². The second-order valence-corrected chi connectivity index (χ2v) is 10.9. The van der Waals surface area contributed by atoms with E-state index in [0.29, 0.717) is 51.3 Å². The summed E-state index contributed by atoms with van der Waals surface area (Å²) in [6.45, 7) is 4.64. The van der Waals surface area contributed by atoms with Crippen LogP contribution in [0.25, 0.3) is 11.0 Å². The van der Waals surface area contributed by atoms with Gasteiger partial charge in [-0.25, -0.2) is 0 Å². The first-order valence-corrected chi connectivity index (χ1v) is 14.4. The van der Waals surface area contributed by atoms with E-state index in [1.807, 2.05) is 80.6 Å². The van der Waals surface area contributed by atoms with Crippen LogP contribution in [0.3, 0.4) is 0 Å². The van der Waals surface area contributed by atoms with Gasteiger partial charge in [0.05, 0.1) is 23.6 Å². The summed E-state index contributed by atoms with van der Waals surface area (Å²) in [6.07, 6.45) is 0. The third-order valence-electron chi connectivity index (χ3n) is 7.37. The zero-order valence-corrected chi connectivity index (χ0v) is 24.5. The van der Waals surface area contributed by atoms with Gasteiger partial charge >= 0.3 is 0 Å². The number of rotatable bonds is 8. The van der Waals surface area contributed by atoms with Crippen molar-refractivity contribution in [2.75, 3.05) is 6.61 Å². The molecule has 1 unspecified atom stereocenters. The number of hydrogen-bond acceptors (Lipinski definition) is 5. The van der Waals surface area contributed by atoms with E-state index < -0.39 is 11.9 Å². The highest BCUT2D eigenvalue weighted by Crippen LogP contribution is 2.42. The summed E-state index contributed by atoms with van der Waals surface area (Å²) < 4.78 is 18.2. The SMILES string of the molecule is CCOc1cc(C2c3c(oc4cc(C)c(Cl)cc4c3=O)C(=O)N2Cc2ccccc2Cl)ccc1OCc1ccccc1. The molecule has 0 fully saturated rings. The second kappa shape index (κ2) is 11.6. The van der Waals surface area contributed by atoms with Gasteiger partial charge in [-0.3, -0.25) is 9.59 Å². The van der Waals surface area contributed by atoms with Crippen LogP contribution < -0.4 is 14.9 Å². The van der Waals surface area contributed by atoms with Crippen molar-refractivity contribution in [1.82, 2.24) is 4.90 Å². The fourth-order valence-corrected chi connectivity index (χ4v) is 5.64. The van der Waals surface area contributed by atoms with Gasteiger partial charge in [0.25, 0.3) is 5.91 Å². The van der Waals surface area contributed by atoms with Crippen LogP contribution >= 0.6 is 23.2 Å². The van der Waals surface area contributed by atoms with Crippen LogP contribution in [0.5, 0.6) is 11.5 Å². The molecule has 8 heteroatoms. The van der Waals surface area contributed by atoms with Gasteiger partial charge in [0.1, 0.15) is 12.2 Å². The van der Waals surface area contributed by atoms with Gasteiger partial charge < -0.3 is 18.8 Å². The van der Waals surface area contributed by atoms with Crippen molar-refractivity contribution in [3.05, 3.63) is 139 Å². The maximum atomic E-state index is 14.0. The van der Waals surface area contributed by atoms with Gasteiger partial charge in [0.2, 0.25) is 5.76 Å². The van der Waals surface area contributed by atoms with Crippen molar-refractivity contribution in [1.29, 1.82) is 0 Å². The van der Waals surface area contributed by atoms with Gasteiger partial charge in [-0.1, -0.05) is 77.8 Å². The first kappa shape index (κ1) is 27.9. The summed E-state index contributed by atoms with van der Waals surface area (Å²) in [4.78, 5) is 29.6. The molecule has 0 spiro atoms. The molecule has 6 rings (SSSR count). The standard InChI is InChI=1S/C34H27Cl2NO5/c1-3-40-29-16-22(13-14-27(29)41-19-21-9-5-4-6-10-21)31-30-32(38)24-17-26(36)20(2)15-28(24)42-33(30)34(39)37(31)18-23-11-7-8-12-25(23)35/h4-17,31H,3,18-19H2,1-2H3. The number of halogens is 2. The quantitative estimate of drug-likeness (QED) is 0.180. The molecule has 1 atom stereocenters. The lowest BCUT2D eigenvalue weighted by atomic mass is 9.97. The number of amides is 1. The predicted octanol–water partition coefficient (Wildman–Crippen LogP) is 8.13. The van der Waals surface area contributed by atoms with Crippen LogP contribution in [0.15, 0.2) is 94.1 Å². The van der Waals surface area contributed by atoms with Gasteiger partial charge in [-0.2, -0.15) is 0 Å². The minimum Gasteiger partial charge on any atom is -0.490 e. The molecule has 0 bridgehead atoms. The molecule has 1 aliphatic rings. The summed E-state index contributed by atoms with van der Waals surface area (Å²) in [5, 5.41) is 1.28. The number of nitrogens with zero attached hydrogens (tertiary/aromatic N) is 1. The van der Waals surface area contributed by atoms with Crippen LogP contribution in [0.4, 0.5) is 0 Å². The Morgan fingerprint density at radius 2 is 1.62 bits per heavy atom. The van der Waals surface area contributed by atoms with E-state index in [2.05, 4.69) is 0 Å². The lowest BCUT2D eigenvalue weighted by Gasteiger charge is -2.26. The first-order chi connectivity index (χ1) is 20.4. The molecule has 212 valence electrons. The maximum absolute atomic E-state index is 14.0. The Kier molecular flexibility index (Phi) is 7.67. The minimum absolute atomic E-state index is 0.00800. The Hall–Kier alpha value is -4.26. The van der Waals surface area contributed by atoms with Gasteiger partial charge in [-0.15, -0.1) is 0 Å². The largest absolute Gasteiger partial charge is 0.490 e. The lowest BCUT2D eigenvalue weighted by molar-refractivity contribution is 0.0714. The zero-order chi connectivity index (χ0) is 29.4. The summed E-state index contributed by atoms with van der Waals surface area (Å²) >= 11 is 12.9. The Labute approximate surface area is 253 Å². The molecule has 2 heterocycles. The Morgan fingerprint density at radius 3 is 2.38 bits per heavy atom. The smallest absolute Gasteiger partial charge is 0.291 e. The van der Waals surface area contributed by atoms with E-state index in [1.165, 1.54) is 0 Å². The zero-order valence-electron chi connectivity index (χ0n) is 23.0. The number of ether oxygens (including phenoxy) is 2. The Morgan fingerprint density at radius 1 is 0.857 bits per heavy atom. The average Bonchev–Trinajstić information content (AvgIpc) is 3.26. The third kappa shape index (κ3) is 5.13. The molecule has 1 aromatic heterocycles. The number of carbonyl (C=O) groups excluding carboxylic acids is 1. The molecule has 0 saturated heterocycles. The second-order valence-electron chi connectivity index (χ2n) is 10.1. The predicted molar refractivity (Wildman–Crippen MR) is 164 cm³/mol. The van der Waals surface area contributed by atoms with Crippen LogP contribution in [0.1, 0.15) is 51.3 Å². The van der Waals surface area contributed by atoms with E-state index in [1.54, 1.807) is 23.1 Å². The number of hydrogen-bond donors (Lipinski definition) is 0. The van der Waals surface area contributed by atoms with E-state index in [-0.39, 0.29) is 23.3 Å². The average molecular weight is 600 g/mol. The number of benzene rings is 4. The Bertz CT molecular complexity index is 1870. The molecule has 0 saturated carbocycles. The van der Waals surface area contributed by atoms with Crippen LogP contribution in [0, 0.1) is 6.92 Å². The number of aryl methyl sites for hydroxylation is 1. The van der Waals surface area contributed by atoms with Crippen molar-refractivity contribution >= 4 is 40.1 Å². The lowest BCUT2D eigenvalue weighted by Crippen LogP contribution is -2.29. The van der Waals surface area contributed by atoms with Crippen LogP contribution in [0.2, 0.25) is 10.0 Å². The molecule has 0 N–H and O–H groups in total. The molecular formula is C34H27Cl2NO5. The third-order valence-corrected chi connectivity index (χ3v) is 8.14. The van der Waals surface area contributed by atoms with Crippen molar-refractivity contribution in [2.24, 2.45) is 0 Å². The molecule has 1 amide bonds. The highest BCUT2D eigenvalue weighted by molar-refractivity contribution is 6.32. The summed E-state index contributed by atoms with van der Waals surface area (Å²) in [7, 11) is 0. The molecule has 42 heavy (non-hydrogen) atoms. The number of carbonyl (C=O) groups is 1. The van der Waals surface area contributed by atoms with Gasteiger partial charge in [-0.05, 0) is 66.4 Å². The van der Waals surface area contributed by atoms with E-state index in [4.69, 9.17) is 37.1 Å². The van der Waals surface area contributed by atoms with Crippen molar-refractivity contribution < 1.29 is 18.7 Å². The first-order valence-electron chi connectivity index (χ1n) is 13.6. The summed E-state index contributed by atoms with van der Waals surface area (Å²) in [5.41, 5.74) is 3.43. The highest BCUT2D eigenvalue weighted by atomic mass is 35.5. The topological polar surface area (TPSA) is 69.0 Å².